The molecule has 0 bridgehead atoms. The molecule has 2 amide bonds. The van der Waals surface area contributed by atoms with Crippen molar-refractivity contribution in [2.24, 2.45) is 0 Å². The van der Waals surface area contributed by atoms with Gasteiger partial charge in [-0.3, -0.25) is 9.78 Å². The van der Waals surface area contributed by atoms with E-state index in [1.807, 2.05) is 42.5 Å². The first-order chi connectivity index (χ1) is 15.6. The fourth-order valence-electron chi connectivity index (χ4n) is 3.94. The van der Waals surface area contributed by atoms with Crippen LogP contribution in [0.15, 0.2) is 60.9 Å². The summed E-state index contributed by atoms with van der Waals surface area (Å²) in [7, 11) is 0. The van der Waals surface area contributed by atoms with Crippen molar-refractivity contribution in [3.05, 3.63) is 66.5 Å². The molecule has 2 heterocycles. The molecule has 2 aromatic carbocycles. The molecule has 1 fully saturated rings. The van der Waals surface area contributed by atoms with E-state index in [0.29, 0.717) is 5.69 Å². The number of hydrogen-bond acceptors (Lipinski definition) is 5. The zero-order valence-electron chi connectivity index (χ0n) is 18.2. The molecule has 0 saturated carbocycles. The van der Waals surface area contributed by atoms with E-state index in [-0.39, 0.29) is 12.5 Å². The number of aromatic nitrogens is 1. The number of fused-ring (bicyclic) bond motifs is 1. The van der Waals surface area contributed by atoms with Crippen LogP contribution in [0.5, 0.6) is 0 Å². The fraction of sp³-hybridized carbons (Fsp3) is 0.320. The summed E-state index contributed by atoms with van der Waals surface area (Å²) in [5.74, 6) is -0.322. The molecular weight excluding hydrogens is 404 g/mol. The van der Waals surface area contributed by atoms with Crippen LogP contribution in [0.25, 0.3) is 10.8 Å². The number of nitrogens with zero attached hydrogens (tertiary/aromatic N) is 2. The summed E-state index contributed by atoms with van der Waals surface area (Å²) in [5.41, 5.74) is 2.72. The molecule has 7 heteroatoms. The smallest absolute Gasteiger partial charge is 0.408 e. The van der Waals surface area contributed by atoms with Crippen molar-refractivity contribution in [2.75, 3.05) is 23.3 Å². The van der Waals surface area contributed by atoms with Gasteiger partial charge in [-0.15, -0.1) is 0 Å². The Labute approximate surface area is 187 Å². The van der Waals surface area contributed by atoms with Gasteiger partial charge in [-0.25, -0.2) is 4.79 Å². The van der Waals surface area contributed by atoms with Crippen molar-refractivity contribution < 1.29 is 14.3 Å². The fourth-order valence-corrected chi connectivity index (χ4v) is 3.94. The summed E-state index contributed by atoms with van der Waals surface area (Å²) >= 11 is 0. The lowest BCUT2D eigenvalue weighted by Crippen LogP contribution is -2.41. The molecule has 2 N–H and O–H groups in total. The molecule has 7 nitrogen and oxygen atoms in total. The van der Waals surface area contributed by atoms with E-state index in [1.54, 1.807) is 19.3 Å². The number of anilines is 2. The number of pyridine rings is 1. The zero-order valence-corrected chi connectivity index (χ0v) is 18.2. The topological polar surface area (TPSA) is 83.6 Å². The Balaban J connectivity index is 1.41. The predicted octanol–water partition coefficient (Wildman–Crippen LogP) is 4.48. The quantitative estimate of drug-likeness (QED) is 0.600. The van der Waals surface area contributed by atoms with Crippen molar-refractivity contribution in [3.63, 3.8) is 0 Å². The summed E-state index contributed by atoms with van der Waals surface area (Å²) in [6, 6.07) is 14.6. The minimum absolute atomic E-state index is 0.148. The molecular formula is C25H28N4O3. The second-order valence-electron chi connectivity index (χ2n) is 8.02. The first-order valence-corrected chi connectivity index (χ1v) is 11.0. The number of piperidine rings is 1. The van der Waals surface area contributed by atoms with Crippen LogP contribution in [-0.2, 0) is 16.1 Å². The number of alkyl carbamates (subject to hydrolysis) is 1. The third kappa shape index (κ3) is 5.17. The van der Waals surface area contributed by atoms with Gasteiger partial charge in [-0.1, -0.05) is 30.3 Å². The van der Waals surface area contributed by atoms with Crippen LogP contribution in [0.3, 0.4) is 0 Å². The second kappa shape index (κ2) is 10.1. The van der Waals surface area contributed by atoms with E-state index >= 15 is 0 Å². The number of benzene rings is 2. The Hall–Kier alpha value is -3.61. The Morgan fingerprint density at radius 3 is 2.59 bits per heavy atom. The predicted molar refractivity (Wildman–Crippen MR) is 126 cm³/mol. The average molecular weight is 433 g/mol. The minimum Gasteiger partial charge on any atom is -0.445 e. The Kier molecular flexibility index (Phi) is 6.84. The van der Waals surface area contributed by atoms with Crippen LogP contribution < -0.4 is 15.5 Å². The number of ether oxygens (including phenoxy) is 1. The summed E-state index contributed by atoms with van der Waals surface area (Å²) in [6.45, 7) is 3.85. The van der Waals surface area contributed by atoms with Gasteiger partial charge in [0.2, 0.25) is 5.91 Å². The second-order valence-corrected chi connectivity index (χ2v) is 8.02. The van der Waals surface area contributed by atoms with Crippen molar-refractivity contribution in [1.29, 1.82) is 0 Å². The molecule has 1 aromatic heterocycles. The molecule has 0 spiro atoms. The lowest BCUT2D eigenvalue weighted by Gasteiger charge is -2.30. The lowest BCUT2D eigenvalue weighted by molar-refractivity contribution is -0.117. The van der Waals surface area contributed by atoms with Gasteiger partial charge in [-0.2, -0.15) is 0 Å². The molecule has 0 radical (unpaired) electrons. The molecule has 1 saturated heterocycles. The van der Waals surface area contributed by atoms with E-state index < -0.39 is 12.1 Å². The first-order valence-electron chi connectivity index (χ1n) is 11.0. The number of rotatable bonds is 6. The van der Waals surface area contributed by atoms with Gasteiger partial charge in [-0.05, 0) is 49.9 Å². The Morgan fingerprint density at radius 2 is 1.81 bits per heavy atom. The molecule has 1 aliphatic rings. The third-order valence-electron chi connectivity index (χ3n) is 5.69. The summed E-state index contributed by atoms with van der Waals surface area (Å²) in [6.07, 6.45) is 6.55. The monoisotopic (exact) mass is 432 g/mol. The highest BCUT2D eigenvalue weighted by Crippen LogP contribution is 2.33. The lowest BCUT2D eigenvalue weighted by atomic mass is 10.0. The zero-order chi connectivity index (χ0) is 22.3. The van der Waals surface area contributed by atoms with E-state index in [4.69, 9.17) is 4.74 Å². The average Bonchev–Trinajstić information content (AvgIpc) is 2.84. The van der Waals surface area contributed by atoms with Crippen molar-refractivity contribution in [2.45, 2.75) is 38.8 Å². The van der Waals surface area contributed by atoms with Gasteiger partial charge in [0.25, 0.3) is 0 Å². The van der Waals surface area contributed by atoms with E-state index in [9.17, 15) is 9.59 Å². The number of carbonyl (C=O) groups excluding carboxylic acids is 2. The van der Waals surface area contributed by atoms with Crippen LogP contribution >= 0.6 is 0 Å². The van der Waals surface area contributed by atoms with Crippen LogP contribution in [0.4, 0.5) is 16.2 Å². The maximum Gasteiger partial charge on any atom is 0.408 e. The van der Waals surface area contributed by atoms with Crippen LogP contribution in [0.1, 0.15) is 31.7 Å². The van der Waals surface area contributed by atoms with E-state index in [1.165, 1.54) is 19.3 Å². The van der Waals surface area contributed by atoms with Crippen LogP contribution in [0, 0.1) is 0 Å². The van der Waals surface area contributed by atoms with E-state index in [0.717, 1.165) is 35.1 Å². The van der Waals surface area contributed by atoms with Crippen molar-refractivity contribution in [3.8, 4) is 0 Å². The summed E-state index contributed by atoms with van der Waals surface area (Å²) in [5, 5.41) is 7.45. The number of amides is 2. The Bertz CT molecular complexity index is 1080. The summed E-state index contributed by atoms with van der Waals surface area (Å²) in [4.78, 5) is 31.5. The maximum atomic E-state index is 12.7. The maximum absolute atomic E-state index is 12.7. The standard InChI is InChI=1S/C25H28N4O3/c1-18(27-25(31)32-17-19-8-4-2-5-9-19)24(30)28-22-10-11-23(29-14-6-3-7-15-29)20-12-13-26-16-21(20)22/h2,4-5,8-13,16,18H,3,6-7,14-15,17H2,1H3,(H,27,31)(H,28,30)/t18-/m1/s1. The SMILES string of the molecule is C[C@@H](NC(=O)OCc1ccccc1)C(=O)Nc1ccc(N2CCCCC2)c2ccncc12. The normalized spacial score (nSPS) is 14.6. The largest absolute Gasteiger partial charge is 0.445 e. The molecule has 3 aromatic rings. The van der Waals surface area contributed by atoms with Crippen LogP contribution in [0.2, 0.25) is 0 Å². The Morgan fingerprint density at radius 1 is 1.03 bits per heavy atom. The van der Waals surface area contributed by atoms with Gasteiger partial charge in [0, 0.05) is 41.9 Å². The van der Waals surface area contributed by atoms with Gasteiger partial charge in [0.05, 0.1) is 5.69 Å². The molecule has 0 aliphatic carbocycles. The van der Waals surface area contributed by atoms with Crippen LogP contribution in [-0.4, -0.2) is 36.1 Å². The molecule has 32 heavy (non-hydrogen) atoms. The van der Waals surface area contributed by atoms with Gasteiger partial charge >= 0.3 is 6.09 Å². The van der Waals surface area contributed by atoms with E-state index in [2.05, 4.69) is 26.6 Å². The van der Waals surface area contributed by atoms with Crippen molar-refractivity contribution in [1.82, 2.24) is 10.3 Å². The minimum atomic E-state index is -0.758. The third-order valence-corrected chi connectivity index (χ3v) is 5.69. The van der Waals surface area contributed by atoms with Gasteiger partial charge in [0.15, 0.2) is 0 Å². The molecule has 1 atom stereocenters. The highest BCUT2D eigenvalue weighted by molar-refractivity contribution is 6.07. The first kappa shape index (κ1) is 21.6. The highest BCUT2D eigenvalue weighted by atomic mass is 16.5. The number of carbonyl (C=O) groups is 2. The number of hydrogen-bond donors (Lipinski definition) is 2. The molecule has 166 valence electrons. The molecule has 0 unspecified atom stereocenters. The number of nitrogens with one attached hydrogen (secondary N) is 2. The highest BCUT2D eigenvalue weighted by Gasteiger charge is 2.19. The molecule has 1 aliphatic heterocycles. The molecule has 4 rings (SSSR count). The van der Waals surface area contributed by atoms with Gasteiger partial charge in [0.1, 0.15) is 12.6 Å². The van der Waals surface area contributed by atoms with Crippen molar-refractivity contribution >= 4 is 34.1 Å². The summed E-state index contributed by atoms with van der Waals surface area (Å²) < 4.78 is 5.21. The van der Waals surface area contributed by atoms with Gasteiger partial charge < -0.3 is 20.3 Å².